The lowest BCUT2D eigenvalue weighted by molar-refractivity contribution is 0.121. The number of hydrogen-bond acceptors (Lipinski definition) is 2. The van der Waals surface area contributed by atoms with Crippen molar-refractivity contribution in [2.24, 2.45) is 11.8 Å². The number of aromatic hydroxyl groups is 1. The SMILES string of the molecule is CC(C)C1CCN(C(C)c2cc(Br)ccc2O)CC1. The lowest BCUT2D eigenvalue weighted by Crippen LogP contribution is -2.37. The molecule has 1 aliphatic heterocycles. The second kappa shape index (κ2) is 6.27. The summed E-state index contributed by atoms with van der Waals surface area (Å²) < 4.78 is 1.03. The van der Waals surface area contributed by atoms with Gasteiger partial charge in [0.2, 0.25) is 0 Å². The maximum atomic E-state index is 10.0. The van der Waals surface area contributed by atoms with E-state index in [1.54, 1.807) is 6.07 Å². The van der Waals surface area contributed by atoms with E-state index < -0.39 is 0 Å². The first-order chi connectivity index (χ1) is 8.99. The quantitative estimate of drug-likeness (QED) is 0.878. The molecule has 3 heteroatoms. The maximum absolute atomic E-state index is 10.0. The highest BCUT2D eigenvalue weighted by atomic mass is 79.9. The molecule has 2 nitrogen and oxygen atoms in total. The summed E-state index contributed by atoms with van der Waals surface area (Å²) in [6.45, 7) is 9.11. The van der Waals surface area contributed by atoms with E-state index in [-0.39, 0.29) is 6.04 Å². The van der Waals surface area contributed by atoms with Crippen LogP contribution in [0.4, 0.5) is 0 Å². The molecule has 0 aliphatic carbocycles. The van der Waals surface area contributed by atoms with E-state index in [0.29, 0.717) is 5.75 Å². The van der Waals surface area contributed by atoms with Crippen LogP contribution in [0.3, 0.4) is 0 Å². The molecule has 0 aromatic heterocycles. The fourth-order valence-electron chi connectivity index (χ4n) is 3.03. The topological polar surface area (TPSA) is 23.5 Å². The second-order valence-electron chi connectivity index (χ2n) is 6.00. The van der Waals surface area contributed by atoms with Crippen molar-refractivity contribution in [3.05, 3.63) is 28.2 Å². The number of hydrogen-bond donors (Lipinski definition) is 1. The Bertz CT molecular complexity index is 425. The first kappa shape index (κ1) is 14.9. The fourth-order valence-corrected chi connectivity index (χ4v) is 3.41. The number of phenols is 1. The Balaban J connectivity index is 2.05. The van der Waals surface area contributed by atoms with Gasteiger partial charge in [-0.25, -0.2) is 0 Å². The molecule has 106 valence electrons. The molecule has 1 atom stereocenters. The van der Waals surface area contributed by atoms with E-state index in [9.17, 15) is 5.11 Å². The molecular formula is C16H24BrNO. The van der Waals surface area contributed by atoms with E-state index >= 15 is 0 Å². The molecule has 1 aliphatic rings. The molecule has 1 heterocycles. The lowest BCUT2D eigenvalue weighted by Gasteiger charge is -2.37. The third kappa shape index (κ3) is 3.51. The molecule has 1 saturated heterocycles. The van der Waals surface area contributed by atoms with Gasteiger partial charge in [-0.05, 0) is 62.9 Å². The van der Waals surface area contributed by atoms with Crippen molar-refractivity contribution in [3.8, 4) is 5.75 Å². The summed E-state index contributed by atoms with van der Waals surface area (Å²) in [5.41, 5.74) is 1.03. The van der Waals surface area contributed by atoms with E-state index in [4.69, 9.17) is 0 Å². The van der Waals surface area contributed by atoms with Gasteiger partial charge in [0.15, 0.2) is 0 Å². The average molecular weight is 326 g/mol. The van der Waals surface area contributed by atoms with Crippen LogP contribution in [-0.4, -0.2) is 23.1 Å². The number of nitrogens with zero attached hydrogens (tertiary/aromatic N) is 1. The van der Waals surface area contributed by atoms with Gasteiger partial charge in [0.25, 0.3) is 0 Å². The molecule has 0 spiro atoms. The van der Waals surface area contributed by atoms with Crippen LogP contribution in [0, 0.1) is 11.8 Å². The van der Waals surface area contributed by atoms with Crippen LogP contribution in [0.5, 0.6) is 5.75 Å². The summed E-state index contributed by atoms with van der Waals surface area (Å²) in [4.78, 5) is 2.49. The van der Waals surface area contributed by atoms with E-state index in [0.717, 1.165) is 35.0 Å². The molecule has 0 radical (unpaired) electrons. The minimum Gasteiger partial charge on any atom is -0.508 e. The van der Waals surface area contributed by atoms with Crippen LogP contribution in [0.1, 0.15) is 45.2 Å². The van der Waals surface area contributed by atoms with Gasteiger partial charge in [0, 0.05) is 16.1 Å². The Morgan fingerprint density at radius 2 is 1.84 bits per heavy atom. The average Bonchev–Trinajstić information content (AvgIpc) is 2.41. The first-order valence-electron chi connectivity index (χ1n) is 7.21. The molecule has 1 aromatic rings. The van der Waals surface area contributed by atoms with E-state index in [2.05, 4.69) is 41.6 Å². The molecular weight excluding hydrogens is 302 g/mol. The molecule has 1 unspecified atom stereocenters. The molecule has 1 aromatic carbocycles. The van der Waals surface area contributed by atoms with Crippen molar-refractivity contribution in [3.63, 3.8) is 0 Å². The molecule has 0 bridgehead atoms. The van der Waals surface area contributed by atoms with Crippen LogP contribution in [-0.2, 0) is 0 Å². The normalized spacial score (nSPS) is 19.8. The number of piperidine rings is 1. The number of halogens is 1. The third-order valence-corrected chi connectivity index (χ3v) is 5.00. The zero-order chi connectivity index (χ0) is 14.0. The van der Waals surface area contributed by atoms with Gasteiger partial charge in [-0.2, -0.15) is 0 Å². The second-order valence-corrected chi connectivity index (χ2v) is 6.91. The molecule has 0 saturated carbocycles. The zero-order valence-corrected chi connectivity index (χ0v) is 13.7. The summed E-state index contributed by atoms with van der Waals surface area (Å²) in [7, 11) is 0. The van der Waals surface area contributed by atoms with Crippen molar-refractivity contribution in [2.75, 3.05) is 13.1 Å². The highest BCUT2D eigenvalue weighted by Gasteiger charge is 2.26. The van der Waals surface area contributed by atoms with Crippen LogP contribution in [0.2, 0.25) is 0 Å². The van der Waals surface area contributed by atoms with Crippen LogP contribution < -0.4 is 0 Å². The van der Waals surface area contributed by atoms with Gasteiger partial charge < -0.3 is 5.11 Å². The van der Waals surface area contributed by atoms with Gasteiger partial charge in [0.1, 0.15) is 5.75 Å². The van der Waals surface area contributed by atoms with Gasteiger partial charge >= 0.3 is 0 Å². The van der Waals surface area contributed by atoms with Gasteiger partial charge in [-0.3, -0.25) is 4.90 Å². The smallest absolute Gasteiger partial charge is 0.120 e. The molecule has 0 amide bonds. The molecule has 19 heavy (non-hydrogen) atoms. The van der Waals surface area contributed by atoms with Crippen molar-refractivity contribution in [1.82, 2.24) is 4.90 Å². The van der Waals surface area contributed by atoms with Gasteiger partial charge in [-0.15, -0.1) is 0 Å². The minimum absolute atomic E-state index is 0.283. The maximum Gasteiger partial charge on any atom is 0.120 e. The van der Waals surface area contributed by atoms with Crippen molar-refractivity contribution in [2.45, 2.75) is 39.7 Å². The number of likely N-dealkylation sites (tertiary alicyclic amines) is 1. The number of benzene rings is 1. The summed E-state index contributed by atoms with van der Waals surface area (Å²) in [5.74, 6) is 2.05. The lowest BCUT2D eigenvalue weighted by atomic mass is 9.86. The number of phenolic OH excluding ortho intramolecular Hbond substituents is 1. The highest BCUT2D eigenvalue weighted by molar-refractivity contribution is 9.10. The first-order valence-corrected chi connectivity index (χ1v) is 8.00. The summed E-state index contributed by atoms with van der Waals surface area (Å²) in [5, 5.41) is 10.0. The van der Waals surface area contributed by atoms with Crippen LogP contribution in [0.25, 0.3) is 0 Å². The molecule has 1 N–H and O–H groups in total. The van der Waals surface area contributed by atoms with Crippen LogP contribution in [0.15, 0.2) is 22.7 Å². The Morgan fingerprint density at radius 3 is 2.42 bits per heavy atom. The highest BCUT2D eigenvalue weighted by Crippen LogP contribution is 2.34. The molecule has 2 rings (SSSR count). The Morgan fingerprint density at radius 1 is 1.21 bits per heavy atom. The predicted octanol–water partition coefficient (Wildman–Crippen LogP) is 4.58. The standard InChI is InChI=1S/C16H24BrNO/c1-11(2)13-6-8-18(9-7-13)12(3)15-10-14(17)4-5-16(15)19/h4-5,10-13,19H,6-9H2,1-3H3. The largest absolute Gasteiger partial charge is 0.508 e. The van der Waals surface area contributed by atoms with Crippen molar-refractivity contribution < 1.29 is 5.11 Å². The Kier molecular flexibility index (Phi) is 4.91. The van der Waals surface area contributed by atoms with Crippen molar-refractivity contribution >= 4 is 15.9 Å². The van der Waals surface area contributed by atoms with Crippen LogP contribution >= 0.6 is 15.9 Å². The fraction of sp³-hybridized carbons (Fsp3) is 0.625. The summed E-state index contributed by atoms with van der Waals surface area (Å²) in [6, 6.07) is 5.98. The third-order valence-electron chi connectivity index (χ3n) is 4.50. The Labute approximate surface area is 124 Å². The summed E-state index contributed by atoms with van der Waals surface area (Å²) in [6.07, 6.45) is 2.55. The van der Waals surface area contributed by atoms with E-state index in [1.165, 1.54) is 12.8 Å². The monoisotopic (exact) mass is 325 g/mol. The summed E-state index contributed by atoms with van der Waals surface area (Å²) >= 11 is 3.49. The zero-order valence-electron chi connectivity index (χ0n) is 12.1. The van der Waals surface area contributed by atoms with Gasteiger partial charge in [0.05, 0.1) is 0 Å². The Hall–Kier alpha value is -0.540. The van der Waals surface area contributed by atoms with Gasteiger partial charge in [-0.1, -0.05) is 29.8 Å². The number of rotatable bonds is 3. The van der Waals surface area contributed by atoms with E-state index in [1.807, 2.05) is 12.1 Å². The molecule has 1 fully saturated rings. The predicted molar refractivity (Wildman–Crippen MR) is 83.4 cm³/mol. The minimum atomic E-state index is 0.283. The van der Waals surface area contributed by atoms with Crippen molar-refractivity contribution in [1.29, 1.82) is 0 Å².